The Kier molecular flexibility index (Phi) is 6.70. The number of halogens is 5. The lowest BCUT2D eigenvalue weighted by Crippen LogP contribution is -2.30. The second kappa shape index (κ2) is 9.85. The predicted octanol–water partition coefficient (Wildman–Crippen LogP) is 5.84. The fourth-order valence-corrected chi connectivity index (χ4v) is 4.94. The van der Waals surface area contributed by atoms with Crippen LogP contribution in [0.4, 0.5) is 22.0 Å². The maximum Gasteiger partial charge on any atom is 0.435 e. The predicted molar refractivity (Wildman–Crippen MR) is 130 cm³/mol. The molecule has 2 aliphatic rings. The number of amides is 1. The van der Waals surface area contributed by atoms with Gasteiger partial charge in [0, 0.05) is 43.9 Å². The molecule has 0 radical (unpaired) electrons. The first kappa shape index (κ1) is 25.9. The van der Waals surface area contributed by atoms with Gasteiger partial charge in [0.15, 0.2) is 17.3 Å². The van der Waals surface area contributed by atoms with Crippen LogP contribution in [0.1, 0.15) is 58.9 Å². The third kappa shape index (κ3) is 5.41. The van der Waals surface area contributed by atoms with Gasteiger partial charge >= 0.3 is 6.18 Å². The van der Waals surface area contributed by atoms with Crippen molar-refractivity contribution in [3.63, 3.8) is 0 Å². The zero-order valence-corrected chi connectivity index (χ0v) is 20.6. The molecule has 2 aromatic carbocycles. The van der Waals surface area contributed by atoms with Crippen LogP contribution in [0, 0.1) is 23.0 Å². The smallest absolute Gasteiger partial charge is 0.356 e. The Morgan fingerprint density at radius 2 is 1.92 bits per heavy atom. The van der Waals surface area contributed by atoms with E-state index in [9.17, 15) is 26.7 Å². The van der Waals surface area contributed by atoms with E-state index in [1.807, 2.05) is 4.90 Å². The average Bonchev–Trinajstić information content (AvgIpc) is 3.50. The number of carbonyl (C=O) groups is 1. The van der Waals surface area contributed by atoms with E-state index in [-0.39, 0.29) is 29.2 Å². The van der Waals surface area contributed by atoms with Crippen LogP contribution in [0.5, 0.6) is 0 Å². The van der Waals surface area contributed by atoms with Gasteiger partial charge in [0.25, 0.3) is 5.91 Å². The molecule has 0 spiro atoms. The lowest BCUT2D eigenvalue weighted by atomic mass is 9.97. The first-order valence-electron chi connectivity index (χ1n) is 12.3. The highest BCUT2D eigenvalue weighted by Gasteiger charge is 2.38. The van der Waals surface area contributed by atoms with E-state index in [1.54, 1.807) is 12.1 Å². The highest BCUT2D eigenvalue weighted by molar-refractivity contribution is 5.96. The van der Waals surface area contributed by atoms with Crippen molar-refractivity contribution in [1.29, 1.82) is 5.41 Å². The fourth-order valence-electron chi connectivity index (χ4n) is 4.94. The first-order chi connectivity index (χ1) is 18.0. The Morgan fingerprint density at radius 1 is 1.16 bits per heavy atom. The third-order valence-electron chi connectivity index (χ3n) is 6.94. The molecule has 1 aliphatic carbocycles. The lowest BCUT2D eigenvalue weighted by Gasteiger charge is -2.21. The Labute approximate surface area is 216 Å². The molecule has 1 saturated heterocycles. The number of amidine groups is 1. The molecule has 3 aromatic rings. The Balaban J connectivity index is 1.52. The topological polar surface area (TPSA) is 74.0 Å². The van der Waals surface area contributed by atoms with Gasteiger partial charge in [-0.05, 0) is 72.2 Å². The second-order valence-corrected chi connectivity index (χ2v) is 9.92. The summed E-state index contributed by atoms with van der Waals surface area (Å²) in [4.78, 5) is 15.3. The number of hydrogen-bond donors (Lipinski definition) is 2. The summed E-state index contributed by atoms with van der Waals surface area (Å²) in [6, 6.07) is 7.50. The summed E-state index contributed by atoms with van der Waals surface area (Å²) in [5.41, 5.74) is 0.0881. The number of benzene rings is 2. The van der Waals surface area contributed by atoms with Crippen LogP contribution in [0.25, 0.3) is 11.1 Å². The number of likely N-dealkylation sites (tertiary alicyclic amines) is 1. The zero-order chi connectivity index (χ0) is 27.2. The summed E-state index contributed by atoms with van der Waals surface area (Å²) in [6.45, 7) is 0.912. The maximum atomic E-state index is 13.9. The van der Waals surface area contributed by atoms with Gasteiger partial charge in [-0.15, -0.1) is 0 Å². The van der Waals surface area contributed by atoms with Crippen molar-refractivity contribution in [2.75, 3.05) is 6.54 Å². The standard InChI is InChI=1S/C27H26F5N5O/c1-36-14-20(25(35-36)27(30,31)32)18-9-15(13-37-8-2-3-23(37)33)10-19(11-18)26(38)34-24(16-4-5-16)17-6-7-21(28)22(29)12-17/h6-7,9-12,14,16,24,33H,2-5,8,13H2,1H3,(H,34,38). The normalized spacial score (nSPS) is 16.7. The van der Waals surface area contributed by atoms with Crippen molar-refractivity contribution in [3.8, 4) is 11.1 Å². The lowest BCUT2D eigenvalue weighted by molar-refractivity contribution is -0.140. The molecule has 200 valence electrons. The zero-order valence-electron chi connectivity index (χ0n) is 20.6. The van der Waals surface area contributed by atoms with Crippen LogP contribution < -0.4 is 5.32 Å². The monoisotopic (exact) mass is 531 g/mol. The minimum atomic E-state index is -4.70. The number of alkyl halides is 3. The minimum Gasteiger partial charge on any atom is -0.356 e. The molecule has 1 amide bonds. The summed E-state index contributed by atoms with van der Waals surface area (Å²) in [6.07, 6.45) is -0.408. The molecule has 1 atom stereocenters. The molecular weight excluding hydrogens is 505 g/mol. The number of carbonyl (C=O) groups excluding carboxylic acids is 1. The molecule has 1 aromatic heterocycles. The van der Waals surface area contributed by atoms with E-state index in [0.717, 1.165) is 36.1 Å². The van der Waals surface area contributed by atoms with Crippen molar-refractivity contribution in [2.45, 2.75) is 44.4 Å². The van der Waals surface area contributed by atoms with Crippen molar-refractivity contribution in [2.24, 2.45) is 13.0 Å². The van der Waals surface area contributed by atoms with Crippen molar-refractivity contribution in [3.05, 3.63) is 76.6 Å². The van der Waals surface area contributed by atoms with E-state index < -0.39 is 35.5 Å². The van der Waals surface area contributed by atoms with Crippen LogP contribution in [0.3, 0.4) is 0 Å². The summed E-state index contributed by atoms with van der Waals surface area (Å²) >= 11 is 0. The molecule has 1 unspecified atom stereocenters. The molecule has 38 heavy (non-hydrogen) atoms. The number of aryl methyl sites for hydroxylation is 1. The van der Waals surface area contributed by atoms with Crippen LogP contribution in [0.2, 0.25) is 0 Å². The van der Waals surface area contributed by atoms with E-state index in [2.05, 4.69) is 10.4 Å². The highest BCUT2D eigenvalue weighted by Crippen LogP contribution is 2.42. The van der Waals surface area contributed by atoms with Crippen LogP contribution in [-0.2, 0) is 19.8 Å². The highest BCUT2D eigenvalue weighted by atomic mass is 19.4. The third-order valence-corrected chi connectivity index (χ3v) is 6.94. The number of aromatic nitrogens is 2. The van der Waals surface area contributed by atoms with Crippen LogP contribution in [0.15, 0.2) is 42.6 Å². The van der Waals surface area contributed by atoms with Crippen molar-refractivity contribution >= 4 is 11.7 Å². The largest absolute Gasteiger partial charge is 0.435 e. The number of hydrogen-bond acceptors (Lipinski definition) is 3. The maximum absolute atomic E-state index is 13.9. The molecule has 5 rings (SSSR count). The number of nitrogens with one attached hydrogen (secondary N) is 2. The van der Waals surface area contributed by atoms with Gasteiger partial charge in [0.05, 0.1) is 11.9 Å². The van der Waals surface area contributed by atoms with Gasteiger partial charge in [-0.1, -0.05) is 6.07 Å². The SMILES string of the molecule is Cn1cc(-c2cc(CN3CCCC3=N)cc(C(=O)NC(c3ccc(F)c(F)c3)C3CC3)c2)c(C(F)(F)F)n1. The summed E-state index contributed by atoms with van der Waals surface area (Å²) < 4.78 is 69.8. The summed E-state index contributed by atoms with van der Waals surface area (Å²) in [7, 11) is 1.39. The molecule has 2 N–H and O–H groups in total. The molecule has 6 nitrogen and oxygen atoms in total. The molecule has 1 aliphatic heterocycles. The number of rotatable bonds is 7. The Morgan fingerprint density at radius 3 is 2.55 bits per heavy atom. The summed E-state index contributed by atoms with van der Waals surface area (Å²) in [5.74, 6) is -2.06. The summed E-state index contributed by atoms with van der Waals surface area (Å²) in [5, 5.41) is 14.6. The second-order valence-electron chi connectivity index (χ2n) is 9.92. The fraction of sp³-hybridized carbons (Fsp3) is 0.370. The van der Waals surface area contributed by atoms with Gasteiger partial charge in [-0.2, -0.15) is 18.3 Å². The number of nitrogens with zero attached hydrogens (tertiary/aromatic N) is 3. The first-order valence-corrected chi connectivity index (χ1v) is 12.3. The Bertz CT molecular complexity index is 1390. The van der Waals surface area contributed by atoms with Gasteiger partial charge in [0.2, 0.25) is 0 Å². The molecule has 11 heteroatoms. The molecule has 0 bridgehead atoms. The molecule has 2 fully saturated rings. The van der Waals surface area contributed by atoms with E-state index in [0.29, 0.717) is 29.9 Å². The van der Waals surface area contributed by atoms with Gasteiger partial charge in [-0.3, -0.25) is 14.9 Å². The average molecular weight is 532 g/mol. The van der Waals surface area contributed by atoms with Crippen molar-refractivity contribution < 1.29 is 26.7 Å². The van der Waals surface area contributed by atoms with Gasteiger partial charge in [0.1, 0.15) is 0 Å². The van der Waals surface area contributed by atoms with Gasteiger partial charge in [-0.25, -0.2) is 8.78 Å². The quantitative estimate of drug-likeness (QED) is 0.377. The van der Waals surface area contributed by atoms with Crippen LogP contribution >= 0.6 is 0 Å². The molecular formula is C27H26F5N5O. The van der Waals surface area contributed by atoms with E-state index >= 15 is 0 Å². The van der Waals surface area contributed by atoms with E-state index in [1.165, 1.54) is 25.4 Å². The van der Waals surface area contributed by atoms with Crippen molar-refractivity contribution in [1.82, 2.24) is 20.0 Å². The Hall–Kier alpha value is -3.76. The van der Waals surface area contributed by atoms with Crippen LogP contribution in [-0.4, -0.2) is 33.0 Å². The molecule has 1 saturated carbocycles. The van der Waals surface area contributed by atoms with E-state index in [4.69, 9.17) is 5.41 Å². The molecule has 2 heterocycles. The van der Waals surface area contributed by atoms with Gasteiger partial charge < -0.3 is 10.2 Å². The minimum absolute atomic E-state index is 0.0479.